The van der Waals surface area contributed by atoms with E-state index < -0.39 is 5.91 Å². The van der Waals surface area contributed by atoms with Crippen molar-refractivity contribution in [2.24, 2.45) is 5.73 Å². The number of benzene rings is 3. The largest absolute Gasteiger partial charge is 0.495 e. The lowest BCUT2D eigenvalue weighted by molar-refractivity contribution is 0.100. The first-order chi connectivity index (χ1) is 14.0. The van der Waals surface area contributed by atoms with E-state index in [1.54, 1.807) is 13.2 Å². The third kappa shape index (κ3) is 3.45. The molecule has 1 aromatic heterocycles. The number of nitrogens with zero attached hydrogens (tertiary/aromatic N) is 1. The number of aryl methyl sites for hydroxylation is 1. The zero-order valence-electron chi connectivity index (χ0n) is 16.5. The van der Waals surface area contributed by atoms with Gasteiger partial charge in [0.05, 0.1) is 23.2 Å². The van der Waals surface area contributed by atoms with Crippen molar-refractivity contribution in [3.8, 4) is 5.75 Å². The minimum absolute atomic E-state index is 0.437. The first-order valence-electron chi connectivity index (χ1n) is 9.61. The van der Waals surface area contributed by atoms with Crippen molar-refractivity contribution in [2.45, 2.75) is 26.3 Å². The molecule has 4 rings (SSSR count). The Bertz CT molecular complexity index is 1230. The lowest BCUT2D eigenvalue weighted by Crippen LogP contribution is -2.11. The van der Waals surface area contributed by atoms with Crippen LogP contribution in [0, 0.1) is 6.07 Å². The molecular formula is C24H22ClN2O2. The third-order valence-corrected chi connectivity index (χ3v) is 5.51. The van der Waals surface area contributed by atoms with E-state index in [2.05, 4.69) is 23.6 Å². The summed E-state index contributed by atoms with van der Waals surface area (Å²) in [7, 11) is 1.60. The van der Waals surface area contributed by atoms with Gasteiger partial charge in [-0.25, -0.2) is 0 Å². The molecule has 0 spiro atoms. The standard InChI is InChI=1S/C24H22ClN2O2/c1-3-5-15-8-10-17-21(13-15)27(14-16-9-11-22(29-2)19(25)12-16)20-7-4-6-18(23(17)20)24(26)28/h4,6-9,11-13H,3,5,14H2,1-2H3,(H2,26,28). The molecule has 5 heteroatoms. The number of aromatic nitrogens is 1. The fourth-order valence-corrected chi connectivity index (χ4v) is 4.18. The van der Waals surface area contributed by atoms with E-state index in [-0.39, 0.29) is 0 Å². The van der Waals surface area contributed by atoms with Gasteiger partial charge in [-0.15, -0.1) is 0 Å². The molecule has 0 saturated heterocycles. The molecule has 0 unspecified atom stereocenters. The van der Waals surface area contributed by atoms with Crippen LogP contribution in [0.1, 0.15) is 34.8 Å². The minimum Gasteiger partial charge on any atom is -0.495 e. The second-order valence-electron chi connectivity index (χ2n) is 7.14. The first kappa shape index (κ1) is 19.3. The molecule has 1 heterocycles. The normalized spacial score (nSPS) is 11.3. The molecule has 0 saturated carbocycles. The second-order valence-corrected chi connectivity index (χ2v) is 7.54. The van der Waals surface area contributed by atoms with Crippen molar-refractivity contribution in [1.29, 1.82) is 0 Å². The monoisotopic (exact) mass is 405 g/mol. The van der Waals surface area contributed by atoms with Gasteiger partial charge in [0.1, 0.15) is 5.75 Å². The van der Waals surface area contributed by atoms with Crippen molar-refractivity contribution in [3.05, 3.63) is 76.3 Å². The molecule has 1 amide bonds. The van der Waals surface area contributed by atoms with Crippen molar-refractivity contribution < 1.29 is 9.53 Å². The molecule has 0 fully saturated rings. The zero-order chi connectivity index (χ0) is 20.5. The van der Waals surface area contributed by atoms with Gasteiger partial charge in [-0.2, -0.15) is 0 Å². The summed E-state index contributed by atoms with van der Waals surface area (Å²) < 4.78 is 7.46. The van der Waals surface area contributed by atoms with E-state index in [4.69, 9.17) is 22.1 Å². The summed E-state index contributed by atoms with van der Waals surface area (Å²) in [4.78, 5) is 12.1. The van der Waals surface area contributed by atoms with Gasteiger partial charge in [-0.1, -0.05) is 43.1 Å². The quantitative estimate of drug-likeness (QED) is 0.469. The van der Waals surface area contributed by atoms with Crippen LogP contribution in [0.3, 0.4) is 0 Å². The highest BCUT2D eigenvalue weighted by Crippen LogP contribution is 2.34. The highest BCUT2D eigenvalue weighted by molar-refractivity contribution is 6.32. The number of primary amides is 1. The lowest BCUT2D eigenvalue weighted by atomic mass is 10.0. The maximum Gasteiger partial charge on any atom is 0.249 e. The number of carbonyl (C=O) groups excluding carboxylic acids is 1. The molecule has 147 valence electrons. The van der Waals surface area contributed by atoms with Crippen LogP contribution in [0.15, 0.2) is 48.5 Å². The van der Waals surface area contributed by atoms with Gasteiger partial charge in [-0.3, -0.25) is 4.79 Å². The van der Waals surface area contributed by atoms with Gasteiger partial charge in [0.15, 0.2) is 0 Å². The van der Waals surface area contributed by atoms with Crippen LogP contribution in [0.4, 0.5) is 0 Å². The molecule has 3 aromatic carbocycles. The van der Waals surface area contributed by atoms with Crippen LogP contribution < -0.4 is 10.5 Å². The molecule has 0 aliphatic rings. The van der Waals surface area contributed by atoms with Crippen molar-refractivity contribution in [3.63, 3.8) is 0 Å². The highest BCUT2D eigenvalue weighted by Gasteiger charge is 2.17. The number of halogens is 1. The predicted molar refractivity (Wildman–Crippen MR) is 118 cm³/mol. The van der Waals surface area contributed by atoms with E-state index in [1.165, 1.54) is 5.56 Å². The summed E-state index contributed by atoms with van der Waals surface area (Å²) in [6, 6.07) is 19.0. The Morgan fingerprint density at radius 1 is 1.17 bits per heavy atom. The Morgan fingerprint density at radius 3 is 2.69 bits per heavy atom. The lowest BCUT2D eigenvalue weighted by Gasteiger charge is -2.11. The van der Waals surface area contributed by atoms with Crippen LogP contribution in [-0.2, 0) is 13.0 Å². The molecule has 0 atom stereocenters. The summed E-state index contributed by atoms with van der Waals surface area (Å²) in [5, 5.41) is 2.33. The fourth-order valence-electron chi connectivity index (χ4n) is 3.90. The topological polar surface area (TPSA) is 57.2 Å². The Hall–Kier alpha value is -2.98. The number of hydrogen-bond donors (Lipinski definition) is 1. The molecule has 4 nitrogen and oxygen atoms in total. The van der Waals surface area contributed by atoms with Crippen LogP contribution in [-0.4, -0.2) is 17.6 Å². The summed E-state index contributed by atoms with van der Waals surface area (Å²) in [5.74, 6) is 0.209. The van der Waals surface area contributed by atoms with Crippen LogP contribution in [0.2, 0.25) is 5.02 Å². The summed E-state index contributed by atoms with van der Waals surface area (Å²) >= 11 is 6.34. The molecule has 4 aromatic rings. The van der Waals surface area contributed by atoms with Crippen molar-refractivity contribution in [1.82, 2.24) is 4.57 Å². The summed E-state index contributed by atoms with van der Waals surface area (Å²) in [6.07, 6.45) is 2.03. The summed E-state index contributed by atoms with van der Waals surface area (Å²) in [5.41, 5.74) is 10.4. The van der Waals surface area contributed by atoms with Gasteiger partial charge in [0.25, 0.3) is 0 Å². The molecule has 29 heavy (non-hydrogen) atoms. The second kappa shape index (κ2) is 7.80. The van der Waals surface area contributed by atoms with Gasteiger partial charge >= 0.3 is 0 Å². The number of rotatable bonds is 6. The van der Waals surface area contributed by atoms with Gasteiger partial charge in [0.2, 0.25) is 5.91 Å². The smallest absolute Gasteiger partial charge is 0.249 e. The molecule has 0 aliphatic heterocycles. The van der Waals surface area contributed by atoms with Crippen LogP contribution in [0.25, 0.3) is 21.8 Å². The molecule has 1 radical (unpaired) electrons. The Balaban J connectivity index is 1.97. The maximum atomic E-state index is 12.1. The molecule has 0 bridgehead atoms. The van der Waals surface area contributed by atoms with Crippen molar-refractivity contribution in [2.75, 3.05) is 7.11 Å². The minimum atomic E-state index is -0.437. The van der Waals surface area contributed by atoms with Crippen LogP contribution in [0.5, 0.6) is 5.75 Å². The average Bonchev–Trinajstić information content (AvgIpc) is 3.01. The van der Waals surface area contributed by atoms with E-state index in [9.17, 15) is 4.79 Å². The van der Waals surface area contributed by atoms with Crippen molar-refractivity contribution >= 4 is 39.3 Å². The number of ether oxygens (including phenoxy) is 1. The molecule has 0 aliphatic carbocycles. The number of nitrogens with two attached hydrogens (primary N) is 1. The number of hydrogen-bond acceptors (Lipinski definition) is 2. The maximum absolute atomic E-state index is 12.1. The van der Waals surface area contributed by atoms with E-state index in [1.807, 2.05) is 36.4 Å². The number of amides is 1. The third-order valence-electron chi connectivity index (χ3n) is 5.22. The SMILES string of the molecule is CCCc1c[c]c2c3c(C(N)=O)cccc3n(Cc3ccc(OC)c(Cl)c3)c2c1. The molecular weight excluding hydrogens is 384 g/mol. The van der Waals surface area contributed by atoms with Gasteiger partial charge < -0.3 is 15.0 Å². The Labute approximate surface area is 174 Å². The van der Waals surface area contributed by atoms with E-state index >= 15 is 0 Å². The Kier molecular flexibility index (Phi) is 5.20. The fraction of sp³-hybridized carbons (Fsp3) is 0.208. The van der Waals surface area contributed by atoms with Gasteiger partial charge in [0, 0.05) is 22.9 Å². The number of fused-ring (bicyclic) bond motifs is 3. The van der Waals surface area contributed by atoms with Gasteiger partial charge in [-0.05, 0) is 53.9 Å². The summed E-state index contributed by atoms with van der Waals surface area (Å²) in [6.45, 7) is 2.76. The highest BCUT2D eigenvalue weighted by atomic mass is 35.5. The first-order valence-corrected chi connectivity index (χ1v) is 9.99. The number of carbonyl (C=O) groups is 1. The van der Waals surface area contributed by atoms with E-state index in [0.717, 1.165) is 40.2 Å². The van der Waals surface area contributed by atoms with E-state index in [0.29, 0.717) is 22.9 Å². The average molecular weight is 406 g/mol. The predicted octanol–water partition coefficient (Wildman–Crippen LogP) is 5.36. The Morgan fingerprint density at radius 2 is 2.00 bits per heavy atom. The van der Waals surface area contributed by atoms with Crippen LogP contribution >= 0.6 is 11.6 Å². The number of methoxy groups -OCH3 is 1. The zero-order valence-corrected chi connectivity index (χ0v) is 17.2. The molecule has 2 N–H and O–H groups in total.